The first kappa shape index (κ1) is 18.1. The van der Waals surface area contributed by atoms with Gasteiger partial charge in [0.1, 0.15) is 0 Å². The molecule has 4 nitrogen and oxygen atoms in total. The van der Waals surface area contributed by atoms with Gasteiger partial charge in [-0.1, -0.05) is 25.5 Å². The molecule has 0 aliphatic carbocycles. The minimum atomic E-state index is -3.22. The van der Waals surface area contributed by atoms with E-state index in [0.717, 1.165) is 18.4 Å². The maximum atomic E-state index is 12.0. The molecule has 0 aliphatic rings. The van der Waals surface area contributed by atoms with Crippen molar-refractivity contribution in [3.8, 4) is 0 Å². The second kappa shape index (κ2) is 7.92. The van der Waals surface area contributed by atoms with Gasteiger partial charge in [0.15, 0.2) is 9.84 Å². The molecule has 1 rings (SSSR count). The van der Waals surface area contributed by atoms with Crippen molar-refractivity contribution in [3.05, 3.63) is 29.8 Å². The third-order valence-electron chi connectivity index (χ3n) is 3.72. The van der Waals surface area contributed by atoms with Gasteiger partial charge >= 0.3 is 0 Å². The van der Waals surface area contributed by atoms with Crippen LogP contribution in [0, 0.1) is 0 Å². The van der Waals surface area contributed by atoms with Crippen LogP contribution in [0.4, 0.5) is 0 Å². The SMILES string of the molecule is CCCC(N)C(O)CCc1ccc(S(=O)(=O)C(C)C)cc1. The van der Waals surface area contributed by atoms with Gasteiger partial charge in [-0.15, -0.1) is 0 Å². The lowest BCUT2D eigenvalue weighted by atomic mass is 10.00. The smallest absolute Gasteiger partial charge is 0.180 e. The number of aryl methyl sites for hydroxylation is 1. The molecule has 21 heavy (non-hydrogen) atoms. The van der Waals surface area contributed by atoms with Crippen molar-refractivity contribution in [3.63, 3.8) is 0 Å². The summed E-state index contributed by atoms with van der Waals surface area (Å²) in [5.74, 6) is 0. The van der Waals surface area contributed by atoms with Crippen LogP contribution in [0.15, 0.2) is 29.2 Å². The Hall–Kier alpha value is -0.910. The second-order valence-corrected chi connectivity index (χ2v) is 8.30. The van der Waals surface area contributed by atoms with Crippen molar-refractivity contribution < 1.29 is 13.5 Å². The number of sulfone groups is 1. The molecule has 0 spiro atoms. The Morgan fingerprint density at radius 3 is 2.19 bits per heavy atom. The predicted molar refractivity (Wildman–Crippen MR) is 86.0 cm³/mol. The monoisotopic (exact) mass is 313 g/mol. The molecule has 0 saturated carbocycles. The highest BCUT2D eigenvalue weighted by molar-refractivity contribution is 7.92. The van der Waals surface area contributed by atoms with Crippen molar-refractivity contribution in [2.24, 2.45) is 5.73 Å². The molecule has 120 valence electrons. The van der Waals surface area contributed by atoms with Gasteiger partial charge in [-0.3, -0.25) is 0 Å². The highest BCUT2D eigenvalue weighted by atomic mass is 32.2. The summed E-state index contributed by atoms with van der Waals surface area (Å²) >= 11 is 0. The maximum Gasteiger partial charge on any atom is 0.180 e. The standard InChI is InChI=1S/C16H27NO3S/c1-4-5-15(17)16(18)11-8-13-6-9-14(10-7-13)21(19,20)12(2)3/h6-7,9-10,12,15-16,18H,4-5,8,11,17H2,1-3H3. The first-order valence-electron chi connectivity index (χ1n) is 7.55. The molecule has 1 aromatic carbocycles. The van der Waals surface area contributed by atoms with E-state index in [2.05, 4.69) is 0 Å². The van der Waals surface area contributed by atoms with Crippen LogP contribution in [0.3, 0.4) is 0 Å². The van der Waals surface area contributed by atoms with Crippen LogP contribution in [0.1, 0.15) is 45.6 Å². The first-order valence-corrected chi connectivity index (χ1v) is 9.10. The predicted octanol–water partition coefficient (Wildman–Crippen LogP) is 2.29. The summed E-state index contributed by atoms with van der Waals surface area (Å²) < 4.78 is 24.0. The van der Waals surface area contributed by atoms with Crippen molar-refractivity contribution in [2.45, 2.75) is 68.7 Å². The van der Waals surface area contributed by atoms with Gasteiger partial charge in [-0.25, -0.2) is 8.42 Å². The number of hydrogen-bond acceptors (Lipinski definition) is 4. The molecule has 0 fully saturated rings. The summed E-state index contributed by atoms with van der Waals surface area (Å²) in [5, 5.41) is 9.53. The van der Waals surface area contributed by atoms with Crippen molar-refractivity contribution in [2.75, 3.05) is 0 Å². The Bertz CT molecular complexity index is 523. The van der Waals surface area contributed by atoms with Gasteiger partial charge in [-0.2, -0.15) is 0 Å². The number of hydrogen-bond donors (Lipinski definition) is 2. The van der Waals surface area contributed by atoms with Crippen LogP contribution >= 0.6 is 0 Å². The fourth-order valence-corrected chi connectivity index (χ4v) is 3.23. The normalized spacial score (nSPS) is 15.1. The Morgan fingerprint density at radius 1 is 1.14 bits per heavy atom. The Morgan fingerprint density at radius 2 is 1.71 bits per heavy atom. The second-order valence-electron chi connectivity index (χ2n) is 5.80. The molecule has 0 bridgehead atoms. The van der Waals surface area contributed by atoms with Crippen LogP contribution in [0.5, 0.6) is 0 Å². The van der Waals surface area contributed by atoms with E-state index in [9.17, 15) is 13.5 Å². The number of rotatable bonds is 8. The fraction of sp³-hybridized carbons (Fsp3) is 0.625. The fourth-order valence-electron chi connectivity index (χ4n) is 2.17. The van der Waals surface area contributed by atoms with Crippen LogP contribution in [0.2, 0.25) is 0 Å². The lowest BCUT2D eigenvalue weighted by molar-refractivity contribution is 0.131. The van der Waals surface area contributed by atoms with E-state index in [1.165, 1.54) is 0 Å². The van der Waals surface area contributed by atoms with Gasteiger partial charge in [0, 0.05) is 6.04 Å². The zero-order chi connectivity index (χ0) is 16.0. The minimum absolute atomic E-state index is 0.185. The third-order valence-corrected chi connectivity index (χ3v) is 5.89. The molecule has 3 N–H and O–H groups in total. The van der Waals surface area contributed by atoms with Crippen molar-refractivity contribution in [1.82, 2.24) is 0 Å². The Labute approximate surface area is 128 Å². The number of aliphatic hydroxyl groups is 1. The molecule has 0 aromatic heterocycles. The molecule has 5 heteroatoms. The van der Waals surface area contributed by atoms with Crippen LogP contribution < -0.4 is 5.73 Å². The quantitative estimate of drug-likeness (QED) is 0.771. The molecule has 1 aromatic rings. The molecular weight excluding hydrogens is 286 g/mol. The molecule has 0 heterocycles. The number of nitrogens with two attached hydrogens (primary N) is 1. The molecule has 0 saturated heterocycles. The van der Waals surface area contributed by atoms with Gasteiger partial charge in [0.05, 0.1) is 16.2 Å². The first-order chi connectivity index (χ1) is 9.78. The average Bonchev–Trinajstić information content (AvgIpc) is 2.45. The van der Waals surface area contributed by atoms with Crippen molar-refractivity contribution >= 4 is 9.84 Å². The molecule has 0 aliphatic heterocycles. The zero-order valence-electron chi connectivity index (χ0n) is 13.1. The largest absolute Gasteiger partial charge is 0.392 e. The maximum absolute atomic E-state index is 12.0. The van der Waals surface area contributed by atoms with E-state index < -0.39 is 21.2 Å². The zero-order valence-corrected chi connectivity index (χ0v) is 13.9. The highest BCUT2D eigenvalue weighted by Gasteiger charge is 2.19. The molecule has 2 unspecified atom stereocenters. The highest BCUT2D eigenvalue weighted by Crippen LogP contribution is 2.17. The average molecular weight is 313 g/mol. The van der Waals surface area contributed by atoms with Crippen molar-refractivity contribution in [1.29, 1.82) is 0 Å². The summed E-state index contributed by atoms with van der Waals surface area (Å²) in [6.07, 6.45) is 2.55. The summed E-state index contributed by atoms with van der Waals surface area (Å²) in [5.41, 5.74) is 6.89. The van der Waals surface area contributed by atoms with E-state index in [1.54, 1.807) is 26.0 Å². The van der Waals surface area contributed by atoms with Gasteiger partial charge < -0.3 is 10.8 Å². The van der Waals surface area contributed by atoms with E-state index in [0.29, 0.717) is 17.7 Å². The topological polar surface area (TPSA) is 80.4 Å². The summed E-state index contributed by atoms with van der Waals surface area (Å²) in [6, 6.07) is 6.72. The third kappa shape index (κ3) is 5.09. The molecule has 0 radical (unpaired) electrons. The Kier molecular flexibility index (Phi) is 6.84. The van der Waals surface area contributed by atoms with Gasteiger partial charge in [0.25, 0.3) is 0 Å². The summed E-state index contributed by atoms with van der Waals surface area (Å²) in [4.78, 5) is 0.351. The van der Waals surface area contributed by atoms with Crippen LogP contribution in [0.25, 0.3) is 0 Å². The van der Waals surface area contributed by atoms with Crippen LogP contribution in [-0.4, -0.2) is 30.9 Å². The minimum Gasteiger partial charge on any atom is -0.392 e. The lowest BCUT2D eigenvalue weighted by Gasteiger charge is -2.18. The van der Waals surface area contributed by atoms with E-state index in [1.807, 2.05) is 19.1 Å². The molecular formula is C16H27NO3S. The number of benzene rings is 1. The summed E-state index contributed by atoms with van der Waals surface area (Å²) in [7, 11) is -3.22. The number of aliphatic hydroxyl groups excluding tert-OH is 1. The van der Waals surface area contributed by atoms with Gasteiger partial charge in [0.2, 0.25) is 0 Å². The Balaban J connectivity index is 2.64. The van der Waals surface area contributed by atoms with E-state index in [4.69, 9.17) is 5.73 Å². The molecule has 0 amide bonds. The van der Waals surface area contributed by atoms with Crippen LogP contribution in [-0.2, 0) is 16.3 Å². The lowest BCUT2D eigenvalue weighted by Crippen LogP contribution is -2.34. The van der Waals surface area contributed by atoms with E-state index >= 15 is 0 Å². The summed E-state index contributed by atoms with van der Waals surface area (Å²) in [6.45, 7) is 5.39. The van der Waals surface area contributed by atoms with E-state index in [-0.39, 0.29) is 6.04 Å². The van der Waals surface area contributed by atoms with Gasteiger partial charge in [-0.05, 0) is 50.8 Å². The molecule has 2 atom stereocenters.